The van der Waals surface area contributed by atoms with Crippen molar-refractivity contribution >= 4 is 34.8 Å². The molecule has 3 aromatic rings. The number of benzene rings is 1. The standard InChI is InChI=1S/C31H40N4O3S2/c1-22(7-5-10-29(36)31-23(2)32-21-33-24(31)3)34-14-11-26(12-15-34)35(18-25-13-16-39-19-25)30(37)20-40-28-9-6-8-27(17-28)38-4/h6,8-9,13,16-17,19,21-22,26H,5,7,10-12,14-15,18,20H2,1-4H3. The summed E-state index contributed by atoms with van der Waals surface area (Å²) < 4.78 is 5.34. The van der Waals surface area contributed by atoms with Crippen LogP contribution in [0.5, 0.6) is 5.75 Å². The number of aromatic nitrogens is 2. The van der Waals surface area contributed by atoms with E-state index in [1.807, 2.05) is 38.1 Å². The van der Waals surface area contributed by atoms with Gasteiger partial charge in [0.1, 0.15) is 12.1 Å². The monoisotopic (exact) mass is 580 g/mol. The number of piperidine rings is 1. The Hall–Kier alpha value is -2.75. The molecule has 0 bridgehead atoms. The van der Waals surface area contributed by atoms with Crippen molar-refractivity contribution < 1.29 is 14.3 Å². The molecular formula is C31H40N4O3S2. The molecule has 214 valence electrons. The van der Waals surface area contributed by atoms with Gasteiger partial charge in [0, 0.05) is 43.0 Å². The van der Waals surface area contributed by atoms with E-state index in [1.165, 1.54) is 11.9 Å². The Morgan fingerprint density at radius 3 is 2.60 bits per heavy atom. The number of amides is 1. The molecule has 0 spiro atoms. The first-order valence-electron chi connectivity index (χ1n) is 14.0. The molecule has 1 unspecified atom stereocenters. The van der Waals surface area contributed by atoms with Gasteiger partial charge < -0.3 is 14.5 Å². The zero-order chi connectivity index (χ0) is 28.5. The number of Topliss-reactive ketones (excluding diaryl/α,β-unsaturated/α-hetero) is 1. The predicted octanol–water partition coefficient (Wildman–Crippen LogP) is 6.19. The van der Waals surface area contributed by atoms with Gasteiger partial charge in [0.05, 0.1) is 29.8 Å². The summed E-state index contributed by atoms with van der Waals surface area (Å²) in [4.78, 5) is 40.3. The molecule has 0 N–H and O–H groups in total. The number of methoxy groups -OCH3 is 1. The maximum Gasteiger partial charge on any atom is 0.233 e. The summed E-state index contributed by atoms with van der Waals surface area (Å²) in [5.74, 6) is 1.53. The molecule has 1 fully saturated rings. The molecule has 2 aromatic heterocycles. The van der Waals surface area contributed by atoms with Gasteiger partial charge >= 0.3 is 0 Å². The fourth-order valence-electron chi connectivity index (χ4n) is 5.42. The van der Waals surface area contributed by atoms with Gasteiger partial charge in [0.25, 0.3) is 0 Å². The highest BCUT2D eigenvalue weighted by Gasteiger charge is 2.30. The number of likely N-dealkylation sites (tertiary alicyclic amines) is 1. The smallest absolute Gasteiger partial charge is 0.233 e. The Morgan fingerprint density at radius 1 is 1.18 bits per heavy atom. The second-order valence-corrected chi connectivity index (χ2v) is 12.3. The van der Waals surface area contributed by atoms with Crippen molar-refractivity contribution in [1.29, 1.82) is 0 Å². The minimum absolute atomic E-state index is 0.135. The lowest BCUT2D eigenvalue weighted by Crippen LogP contribution is -2.49. The minimum Gasteiger partial charge on any atom is -0.497 e. The lowest BCUT2D eigenvalue weighted by Gasteiger charge is -2.41. The number of hydrogen-bond donors (Lipinski definition) is 0. The molecule has 4 rings (SSSR count). The summed E-state index contributed by atoms with van der Waals surface area (Å²) in [6.07, 6.45) is 5.77. The van der Waals surface area contributed by atoms with Crippen molar-refractivity contribution in [2.45, 2.75) is 76.4 Å². The molecule has 1 saturated heterocycles. The maximum atomic E-state index is 13.5. The van der Waals surface area contributed by atoms with Crippen molar-refractivity contribution in [3.05, 3.63) is 69.9 Å². The van der Waals surface area contributed by atoms with E-state index in [2.05, 4.69) is 43.5 Å². The van der Waals surface area contributed by atoms with Crippen LogP contribution in [-0.4, -0.2) is 69.5 Å². The van der Waals surface area contributed by atoms with E-state index in [0.29, 0.717) is 30.3 Å². The molecule has 1 atom stereocenters. The zero-order valence-electron chi connectivity index (χ0n) is 24.0. The van der Waals surface area contributed by atoms with Crippen LogP contribution in [0.25, 0.3) is 0 Å². The van der Waals surface area contributed by atoms with Crippen LogP contribution in [0.3, 0.4) is 0 Å². The lowest BCUT2D eigenvalue weighted by atomic mass is 9.98. The fourth-order valence-corrected chi connectivity index (χ4v) is 6.91. The first kappa shape index (κ1) is 30.2. The Balaban J connectivity index is 1.29. The van der Waals surface area contributed by atoms with Crippen LogP contribution in [0, 0.1) is 13.8 Å². The number of thioether (sulfide) groups is 1. The summed E-state index contributed by atoms with van der Waals surface area (Å²) in [7, 11) is 1.66. The number of ether oxygens (including phenoxy) is 1. The Bertz CT molecular complexity index is 1240. The van der Waals surface area contributed by atoms with Gasteiger partial charge in [0.15, 0.2) is 5.78 Å². The Morgan fingerprint density at radius 2 is 1.93 bits per heavy atom. The van der Waals surface area contributed by atoms with Crippen molar-refractivity contribution in [2.24, 2.45) is 0 Å². The zero-order valence-corrected chi connectivity index (χ0v) is 25.6. The van der Waals surface area contributed by atoms with Crippen LogP contribution >= 0.6 is 23.1 Å². The Labute approximate surface area is 246 Å². The van der Waals surface area contributed by atoms with Gasteiger partial charge in [-0.15, -0.1) is 11.8 Å². The molecule has 1 aromatic carbocycles. The first-order valence-corrected chi connectivity index (χ1v) is 15.9. The summed E-state index contributed by atoms with van der Waals surface area (Å²) in [6, 6.07) is 10.6. The molecule has 1 amide bonds. The van der Waals surface area contributed by atoms with Crippen LogP contribution in [0.1, 0.15) is 66.3 Å². The average molecular weight is 581 g/mol. The third-order valence-electron chi connectivity index (χ3n) is 7.75. The maximum absolute atomic E-state index is 13.5. The highest BCUT2D eigenvalue weighted by atomic mass is 32.2. The highest BCUT2D eigenvalue weighted by molar-refractivity contribution is 8.00. The van der Waals surface area contributed by atoms with Gasteiger partial charge in [-0.3, -0.25) is 9.59 Å². The highest BCUT2D eigenvalue weighted by Crippen LogP contribution is 2.27. The van der Waals surface area contributed by atoms with Crippen molar-refractivity contribution in [3.63, 3.8) is 0 Å². The van der Waals surface area contributed by atoms with E-state index >= 15 is 0 Å². The molecule has 3 heterocycles. The van der Waals surface area contributed by atoms with Crippen LogP contribution in [-0.2, 0) is 11.3 Å². The van der Waals surface area contributed by atoms with Crippen molar-refractivity contribution in [2.75, 3.05) is 26.0 Å². The van der Waals surface area contributed by atoms with Crippen LogP contribution in [0.4, 0.5) is 0 Å². The van der Waals surface area contributed by atoms with Crippen molar-refractivity contribution in [3.8, 4) is 5.75 Å². The number of carbonyl (C=O) groups is 2. The largest absolute Gasteiger partial charge is 0.497 e. The summed E-state index contributed by atoms with van der Waals surface area (Å²) in [5, 5.41) is 4.21. The number of ketones is 1. The van der Waals surface area contributed by atoms with E-state index in [0.717, 1.165) is 60.8 Å². The number of carbonyl (C=O) groups excluding carboxylic acids is 2. The van der Waals surface area contributed by atoms with E-state index < -0.39 is 0 Å². The minimum atomic E-state index is 0.135. The normalized spacial score (nSPS) is 15.1. The van der Waals surface area contributed by atoms with E-state index in [-0.39, 0.29) is 17.7 Å². The molecule has 0 saturated carbocycles. The van der Waals surface area contributed by atoms with Gasteiger partial charge in [-0.1, -0.05) is 6.07 Å². The number of aryl methyl sites for hydroxylation is 2. The van der Waals surface area contributed by atoms with Gasteiger partial charge in [-0.05, 0) is 87.0 Å². The molecule has 9 heteroatoms. The van der Waals surface area contributed by atoms with Crippen molar-refractivity contribution in [1.82, 2.24) is 19.8 Å². The fraction of sp³-hybridized carbons (Fsp3) is 0.484. The average Bonchev–Trinajstić information content (AvgIpc) is 3.48. The van der Waals surface area contributed by atoms with E-state index in [4.69, 9.17) is 4.74 Å². The SMILES string of the molecule is COc1cccc(SCC(=O)N(Cc2ccsc2)C2CCN(C(C)CCCC(=O)c3c(C)ncnc3C)CC2)c1. The van der Waals surface area contributed by atoms with Crippen LogP contribution in [0.15, 0.2) is 52.3 Å². The molecule has 0 aliphatic carbocycles. The van der Waals surface area contributed by atoms with Crippen LogP contribution in [0.2, 0.25) is 0 Å². The summed E-state index contributed by atoms with van der Waals surface area (Å²) in [6.45, 7) is 8.58. The Kier molecular flexibility index (Phi) is 11.1. The molecule has 0 radical (unpaired) electrons. The number of nitrogens with zero attached hydrogens (tertiary/aromatic N) is 4. The topological polar surface area (TPSA) is 75.6 Å². The molecule has 40 heavy (non-hydrogen) atoms. The number of rotatable bonds is 13. The molecule has 1 aliphatic heterocycles. The van der Waals surface area contributed by atoms with E-state index in [9.17, 15) is 9.59 Å². The van der Waals surface area contributed by atoms with E-state index in [1.54, 1.807) is 30.2 Å². The quantitative estimate of drug-likeness (QED) is 0.176. The molecular weight excluding hydrogens is 541 g/mol. The number of thiophene rings is 1. The second-order valence-electron chi connectivity index (χ2n) is 10.5. The van der Waals surface area contributed by atoms with Gasteiger partial charge in [0.2, 0.25) is 5.91 Å². The summed E-state index contributed by atoms with van der Waals surface area (Å²) in [5.41, 5.74) is 3.39. The van der Waals surface area contributed by atoms with Gasteiger partial charge in [-0.25, -0.2) is 9.97 Å². The lowest BCUT2D eigenvalue weighted by molar-refractivity contribution is -0.132. The van der Waals surface area contributed by atoms with Gasteiger partial charge in [-0.2, -0.15) is 11.3 Å². The summed E-state index contributed by atoms with van der Waals surface area (Å²) >= 11 is 3.24. The third kappa shape index (κ3) is 8.15. The second kappa shape index (κ2) is 14.8. The number of hydrogen-bond acceptors (Lipinski definition) is 8. The predicted molar refractivity (Wildman–Crippen MR) is 162 cm³/mol. The molecule has 1 aliphatic rings. The molecule has 7 nitrogen and oxygen atoms in total. The third-order valence-corrected chi connectivity index (χ3v) is 9.46. The first-order chi connectivity index (χ1) is 19.4. The van der Waals surface area contributed by atoms with Crippen LogP contribution < -0.4 is 4.74 Å².